The smallest absolute Gasteiger partial charge is 0.249 e. The Bertz CT molecular complexity index is 567. The fourth-order valence-electron chi connectivity index (χ4n) is 1.38. The number of pyridine rings is 1. The van der Waals surface area contributed by atoms with Gasteiger partial charge in [0.2, 0.25) is 5.91 Å². The Labute approximate surface area is 104 Å². The highest BCUT2D eigenvalue weighted by molar-refractivity contribution is 6.01. The number of halogens is 1. The summed E-state index contributed by atoms with van der Waals surface area (Å²) in [5, 5.41) is 2.57. The first-order valence-corrected chi connectivity index (χ1v) is 5.40. The van der Waals surface area contributed by atoms with Crippen molar-refractivity contribution in [1.29, 1.82) is 0 Å². The predicted octanol–water partition coefficient (Wildman–Crippen LogP) is 2.87. The summed E-state index contributed by atoms with van der Waals surface area (Å²) in [5.41, 5.74) is 0.369. The molecule has 0 aliphatic rings. The Balaban J connectivity index is 2.02. The number of benzene rings is 1. The highest BCUT2D eigenvalue weighted by Crippen LogP contribution is 2.08. The van der Waals surface area contributed by atoms with Gasteiger partial charge in [-0.15, -0.1) is 0 Å². The van der Waals surface area contributed by atoms with Crippen LogP contribution in [0.3, 0.4) is 0 Å². The Morgan fingerprint density at radius 1 is 1.17 bits per heavy atom. The SMILES string of the molecule is O=C(/C=C/c1ccccc1F)Nc1ccccn1. The molecule has 2 aromatic rings. The van der Waals surface area contributed by atoms with E-state index in [4.69, 9.17) is 0 Å². The van der Waals surface area contributed by atoms with Crippen LogP contribution in [0.2, 0.25) is 0 Å². The van der Waals surface area contributed by atoms with Crippen LogP contribution in [0, 0.1) is 5.82 Å². The van der Waals surface area contributed by atoms with Crippen LogP contribution < -0.4 is 5.32 Å². The van der Waals surface area contributed by atoms with Crippen LogP contribution in [0.5, 0.6) is 0 Å². The minimum atomic E-state index is -0.362. The van der Waals surface area contributed by atoms with E-state index in [0.29, 0.717) is 11.4 Å². The molecular formula is C14H11FN2O. The van der Waals surface area contributed by atoms with Gasteiger partial charge in [-0.2, -0.15) is 0 Å². The molecule has 1 heterocycles. The number of rotatable bonds is 3. The number of amides is 1. The quantitative estimate of drug-likeness (QED) is 0.841. The lowest BCUT2D eigenvalue weighted by atomic mass is 10.2. The molecule has 0 bridgehead atoms. The molecule has 0 fully saturated rings. The maximum atomic E-state index is 13.3. The second-order valence-corrected chi connectivity index (χ2v) is 3.56. The van der Waals surface area contributed by atoms with Crippen molar-refractivity contribution in [1.82, 2.24) is 4.98 Å². The number of anilines is 1. The molecule has 0 saturated heterocycles. The molecule has 0 radical (unpaired) electrons. The van der Waals surface area contributed by atoms with Crippen molar-refractivity contribution in [3.05, 3.63) is 66.1 Å². The number of hydrogen-bond donors (Lipinski definition) is 1. The summed E-state index contributed by atoms with van der Waals surface area (Å²) in [6, 6.07) is 11.4. The first-order chi connectivity index (χ1) is 8.75. The van der Waals surface area contributed by atoms with Gasteiger partial charge < -0.3 is 5.32 Å². The summed E-state index contributed by atoms with van der Waals surface area (Å²) < 4.78 is 13.3. The van der Waals surface area contributed by atoms with Gasteiger partial charge in [0.15, 0.2) is 0 Å². The molecule has 0 unspecified atom stereocenters. The second kappa shape index (κ2) is 5.72. The van der Waals surface area contributed by atoms with Gasteiger partial charge in [-0.1, -0.05) is 24.3 Å². The van der Waals surface area contributed by atoms with Gasteiger partial charge in [0.25, 0.3) is 0 Å². The van der Waals surface area contributed by atoms with Crippen molar-refractivity contribution >= 4 is 17.8 Å². The monoisotopic (exact) mass is 242 g/mol. The van der Waals surface area contributed by atoms with E-state index >= 15 is 0 Å². The Morgan fingerprint density at radius 2 is 1.94 bits per heavy atom. The fraction of sp³-hybridized carbons (Fsp3) is 0. The summed E-state index contributed by atoms with van der Waals surface area (Å²) in [7, 11) is 0. The molecule has 3 nitrogen and oxygen atoms in total. The third kappa shape index (κ3) is 3.25. The molecule has 4 heteroatoms. The molecule has 0 atom stereocenters. The number of nitrogens with one attached hydrogen (secondary N) is 1. The van der Waals surface area contributed by atoms with E-state index in [1.165, 1.54) is 18.2 Å². The summed E-state index contributed by atoms with van der Waals surface area (Å²) in [6.07, 6.45) is 4.27. The largest absolute Gasteiger partial charge is 0.307 e. The van der Waals surface area contributed by atoms with E-state index in [-0.39, 0.29) is 11.7 Å². The normalized spacial score (nSPS) is 10.5. The summed E-state index contributed by atoms with van der Waals surface area (Å²) in [4.78, 5) is 15.5. The van der Waals surface area contributed by atoms with Crippen molar-refractivity contribution < 1.29 is 9.18 Å². The average Bonchev–Trinajstić information content (AvgIpc) is 2.39. The molecule has 0 spiro atoms. The van der Waals surface area contributed by atoms with Crippen molar-refractivity contribution in [3.8, 4) is 0 Å². The number of carbonyl (C=O) groups excluding carboxylic acids is 1. The Hall–Kier alpha value is -2.49. The Morgan fingerprint density at radius 3 is 2.67 bits per heavy atom. The lowest BCUT2D eigenvalue weighted by molar-refractivity contribution is -0.111. The first kappa shape index (κ1) is 12.0. The average molecular weight is 242 g/mol. The van der Waals surface area contributed by atoms with Crippen molar-refractivity contribution in [2.75, 3.05) is 5.32 Å². The molecule has 2 rings (SSSR count). The molecule has 18 heavy (non-hydrogen) atoms. The highest BCUT2D eigenvalue weighted by atomic mass is 19.1. The van der Waals surface area contributed by atoms with Gasteiger partial charge in [0.1, 0.15) is 11.6 Å². The van der Waals surface area contributed by atoms with Crippen molar-refractivity contribution in [2.45, 2.75) is 0 Å². The summed E-state index contributed by atoms with van der Waals surface area (Å²) in [6.45, 7) is 0. The van der Waals surface area contributed by atoms with E-state index in [1.54, 1.807) is 42.6 Å². The van der Waals surface area contributed by atoms with Crippen LogP contribution in [-0.2, 0) is 4.79 Å². The standard InChI is InChI=1S/C14H11FN2O/c15-12-6-2-1-5-11(12)8-9-14(18)17-13-7-3-4-10-16-13/h1-10H,(H,16,17,18)/b9-8+. The molecule has 1 N–H and O–H groups in total. The second-order valence-electron chi connectivity index (χ2n) is 3.56. The van der Waals surface area contributed by atoms with E-state index in [0.717, 1.165) is 0 Å². The summed E-state index contributed by atoms with van der Waals surface area (Å²) >= 11 is 0. The zero-order valence-electron chi connectivity index (χ0n) is 9.51. The third-order valence-corrected chi connectivity index (χ3v) is 2.24. The van der Waals surface area contributed by atoms with Crippen molar-refractivity contribution in [2.24, 2.45) is 0 Å². The zero-order chi connectivity index (χ0) is 12.8. The van der Waals surface area contributed by atoms with Gasteiger partial charge >= 0.3 is 0 Å². The molecule has 1 aromatic carbocycles. The molecule has 90 valence electrons. The van der Waals surface area contributed by atoms with Crippen LogP contribution in [0.4, 0.5) is 10.2 Å². The van der Waals surface area contributed by atoms with Gasteiger partial charge in [-0.05, 0) is 24.3 Å². The minimum Gasteiger partial charge on any atom is -0.307 e. The number of carbonyl (C=O) groups is 1. The highest BCUT2D eigenvalue weighted by Gasteiger charge is 1.99. The lowest BCUT2D eigenvalue weighted by Gasteiger charge is -1.99. The van der Waals surface area contributed by atoms with E-state index in [9.17, 15) is 9.18 Å². The minimum absolute atomic E-state index is 0.350. The summed E-state index contributed by atoms with van der Waals surface area (Å²) in [5.74, 6) is -0.253. The van der Waals surface area contributed by atoms with Crippen LogP contribution in [0.1, 0.15) is 5.56 Å². The van der Waals surface area contributed by atoms with Crippen LogP contribution in [0.25, 0.3) is 6.08 Å². The lowest BCUT2D eigenvalue weighted by Crippen LogP contribution is -2.08. The van der Waals surface area contributed by atoms with Crippen molar-refractivity contribution in [3.63, 3.8) is 0 Å². The van der Waals surface area contributed by atoms with E-state index < -0.39 is 0 Å². The molecular weight excluding hydrogens is 231 g/mol. The predicted molar refractivity (Wildman–Crippen MR) is 68.3 cm³/mol. The van der Waals surface area contributed by atoms with E-state index in [1.807, 2.05) is 0 Å². The van der Waals surface area contributed by atoms with Gasteiger partial charge in [-0.25, -0.2) is 9.37 Å². The Kier molecular flexibility index (Phi) is 3.81. The van der Waals surface area contributed by atoms with E-state index in [2.05, 4.69) is 10.3 Å². The third-order valence-electron chi connectivity index (χ3n) is 2.24. The van der Waals surface area contributed by atoms with Crippen LogP contribution >= 0.6 is 0 Å². The number of hydrogen-bond acceptors (Lipinski definition) is 2. The molecule has 0 aliphatic carbocycles. The van der Waals surface area contributed by atoms with Gasteiger partial charge in [0.05, 0.1) is 0 Å². The molecule has 1 amide bonds. The number of nitrogens with zero attached hydrogens (tertiary/aromatic N) is 1. The van der Waals surface area contributed by atoms with Gasteiger partial charge in [-0.3, -0.25) is 4.79 Å². The maximum absolute atomic E-state index is 13.3. The first-order valence-electron chi connectivity index (χ1n) is 5.40. The van der Waals surface area contributed by atoms with Crippen LogP contribution in [-0.4, -0.2) is 10.9 Å². The topological polar surface area (TPSA) is 42.0 Å². The fourth-order valence-corrected chi connectivity index (χ4v) is 1.38. The maximum Gasteiger partial charge on any atom is 0.249 e. The van der Waals surface area contributed by atoms with Gasteiger partial charge in [0, 0.05) is 17.8 Å². The number of aromatic nitrogens is 1. The molecule has 1 aromatic heterocycles. The van der Waals surface area contributed by atoms with Crippen LogP contribution in [0.15, 0.2) is 54.7 Å². The molecule has 0 aliphatic heterocycles. The zero-order valence-corrected chi connectivity index (χ0v) is 9.51. The molecule has 0 saturated carbocycles.